The molecule has 0 spiro atoms. The number of hydrogen-bond donors (Lipinski definition) is 1. The van der Waals surface area contributed by atoms with E-state index < -0.39 is 0 Å². The fourth-order valence-corrected chi connectivity index (χ4v) is 2.37. The minimum atomic E-state index is 0.464. The van der Waals surface area contributed by atoms with Crippen molar-refractivity contribution in [1.82, 2.24) is 25.5 Å². The van der Waals surface area contributed by atoms with E-state index in [2.05, 4.69) is 41.6 Å². The fourth-order valence-electron chi connectivity index (χ4n) is 2.37. The summed E-state index contributed by atoms with van der Waals surface area (Å²) in [5.74, 6) is 1.66. The van der Waals surface area contributed by atoms with E-state index in [0.29, 0.717) is 18.0 Å². The molecular weight excluding hydrogens is 202 g/mol. The minimum Gasteiger partial charge on any atom is -0.308 e. The van der Waals surface area contributed by atoms with E-state index in [0.717, 1.165) is 12.4 Å². The van der Waals surface area contributed by atoms with E-state index in [9.17, 15) is 0 Å². The Kier molecular flexibility index (Phi) is 3.53. The molecule has 1 fully saturated rings. The van der Waals surface area contributed by atoms with Crippen molar-refractivity contribution in [3.63, 3.8) is 0 Å². The molecule has 5 heteroatoms. The van der Waals surface area contributed by atoms with Crippen molar-refractivity contribution in [1.29, 1.82) is 0 Å². The predicted octanol–water partition coefficient (Wildman–Crippen LogP) is 1.53. The molecule has 1 aromatic heterocycles. The third-order valence-electron chi connectivity index (χ3n) is 3.36. The summed E-state index contributed by atoms with van der Waals surface area (Å²) in [5.41, 5.74) is 0. The number of aromatic nitrogens is 4. The van der Waals surface area contributed by atoms with Crippen molar-refractivity contribution in [2.45, 2.75) is 58.7 Å². The van der Waals surface area contributed by atoms with E-state index in [4.69, 9.17) is 0 Å². The Bertz CT molecular complexity index is 333. The van der Waals surface area contributed by atoms with Gasteiger partial charge in [-0.25, -0.2) is 4.68 Å². The third-order valence-corrected chi connectivity index (χ3v) is 3.36. The van der Waals surface area contributed by atoms with Gasteiger partial charge in [-0.05, 0) is 29.2 Å². The SMILES string of the molecule is CC(C)NCc1nnnn1C1CCCC1C. The van der Waals surface area contributed by atoms with Gasteiger partial charge < -0.3 is 5.32 Å². The Morgan fingerprint density at radius 1 is 1.44 bits per heavy atom. The Hall–Kier alpha value is -0.970. The first-order valence-electron chi connectivity index (χ1n) is 6.18. The number of nitrogens with one attached hydrogen (secondary N) is 1. The zero-order valence-corrected chi connectivity index (χ0v) is 10.3. The highest BCUT2D eigenvalue weighted by Gasteiger charge is 2.27. The topological polar surface area (TPSA) is 55.6 Å². The minimum absolute atomic E-state index is 0.464. The summed E-state index contributed by atoms with van der Waals surface area (Å²) in [6, 6.07) is 0.963. The lowest BCUT2D eigenvalue weighted by atomic mass is 10.1. The maximum Gasteiger partial charge on any atom is 0.165 e. The second kappa shape index (κ2) is 4.91. The number of nitrogens with zero attached hydrogens (tertiary/aromatic N) is 4. The zero-order chi connectivity index (χ0) is 11.5. The maximum absolute atomic E-state index is 4.14. The monoisotopic (exact) mass is 223 g/mol. The average molecular weight is 223 g/mol. The molecule has 0 aromatic carbocycles. The van der Waals surface area contributed by atoms with Crippen LogP contribution in [-0.2, 0) is 6.54 Å². The fraction of sp³-hybridized carbons (Fsp3) is 0.909. The first-order chi connectivity index (χ1) is 7.68. The van der Waals surface area contributed by atoms with Gasteiger partial charge in [-0.3, -0.25) is 0 Å². The molecule has 1 N–H and O–H groups in total. The lowest BCUT2D eigenvalue weighted by molar-refractivity contribution is 0.352. The molecule has 90 valence electrons. The molecule has 0 bridgehead atoms. The van der Waals surface area contributed by atoms with E-state index in [1.807, 2.05) is 4.68 Å². The van der Waals surface area contributed by atoms with Crippen molar-refractivity contribution >= 4 is 0 Å². The molecule has 1 aliphatic carbocycles. The summed E-state index contributed by atoms with van der Waals surface area (Å²) in [5, 5.41) is 15.4. The van der Waals surface area contributed by atoms with Gasteiger partial charge in [-0.2, -0.15) is 0 Å². The van der Waals surface area contributed by atoms with Crippen LogP contribution in [0.2, 0.25) is 0 Å². The number of tetrazole rings is 1. The molecule has 1 heterocycles. The van der Waals surface area contributed by atoms with Gasteiger partial charge in [0.2, 0.25) is 0 Å². The second-order valence-electron chi connectivity index (χ2n) is 5.05. The Balaban J connectivity index is 2.06. The molecular formula is C11H21N5. The van der Waals surface area contributed by atoms with E-state index >= 15 is 0 Å². The molecule has 5 nitrogen and oxygen atoms in total. The highest BCUT2D eigenvalue weighted by molar-refractivity contribution is 4.88. The molecule has 0 amide bonds. The van der Waals surface area contributed by atoms with Crippen LogP contribution in [0.5, 0.6) is 0 Å². The van der Waals surface area contributed by atoms with Gasteiger partial charge in [0.1, 0.15) is 0 Å². The van der Waals surface area contributed by atoms with E-state index in [1.54, 1.807) is 0 Å². The lowest BCUT2D eigenvalue weighted by Gasteiger charge is -2.17. The summed E-state index contributed by atoms with van der Waals surface area (Å²) in [6.45, 7) is 7.31. The van der Waals surface area contributed by atoms with Crippen molar-refractivity contribution in [3.8, 4) is 0 Å². The van der Waals surface area contributed by atoms with Crippen LogP contribution in [0.4, 0.5) is 0 Å². The standard InChI is InChI=1S/C11H21N5/c1-8(2)12-7-11-13-14-15-16(11)10-6-4-5-9(10)3/h8-10,12H,4-7H2,1-3H3. The van der Waals surface area contributed by atoms with Gasteiger partial charge in [0.05, 0.1) is 12.6 Å². The van der Waals surface area contributed by atoms with Crippen LogP contribution in [0.15, 0.2) is 0 Å². The second-order valence-corrected chi connectivity index (χ2v) is 5.05. The Morgan fingerprint density at radius 2 is 2.25 bits per heavy atom. The number of rotatable bonds is 4. The van der Waals surface area contributed by atoms with Gasteiger partial charge in [-0.1, -0.05) is 27.2 Å². The highest BCUT2D eigenvalue weighted by atomic mass is 15.6. The normalized spacial score (nSPS) is 25.5. The van der Waals surface area contributed by atoms with Crippen LogP contribution in [0.25, 0.3) is 0 Å². The van der Waals surface area contributed by atoms with Crippen LogP contribution in [0.1, 0.15) is 51.9 Å². The van der Waals surface area contributed by atoms with Crippen molar-refractivity contribution in [2.75, 3.05) is 0 Å². The summed E-state index contributed by atoms with van der Waals surface area (Å²) in [4.78, 5) is 0. The largest absolute Gasteiger partial charge is 0.308 e. The van der Waals surface area contributed by atoms with Crippen LogP contribution in [0.3, 0.4) is 0 Å². The maximum atomic E-state index is 4.14. The van der Waals surface area contributed by atoms with Crippen LogP contribution in [0, 0.1) is 5.92 Å². The Morgan fingerprint density at radius 3 is 2.88 bits per heavy atom. The van der Waals surface area contributed by atoms with Crippen molar-refractivity contribution in [3.05, 3.63) is 5.82 Å². The van der Waals surface area contributed by atoms with Crippen LogP contribution in [-0.4, -0.2) is 26.2 Å². The van der Waals surface area contributed by atoms with Crippen LogP contribution >= 0.6 is 0 Å². The first kappa shape index (κ1) is 11.5. The predicted molar refractivity (Wildman–Crippen MR) is 61.8 cm³/mol. The first-order valence-corrected chi connectivity index (χ1v) is 6.18. The molecule has 0 saturated heterocycles. The van der Waals surface area contributed by atoms with Crippen molar-refractivity contribution in [2.24, 2.45) is 5.92 Å². The molecule has 2 rings (SSSR count). The molecule has 1 saturated carbocycles. The van der Waals surface area contributed by atoms with Gasteiger partial charge in [-0.15, -0.1) is 5.10 Å². The molecule has 2 unspecified atom stereocenters. The summed E-state index contributed by atoms with van der Waals surface area (Å²) in [6.07, 6.45) is 3.80. The van der Waals surface area contributed by atoms with Crippen molar-refractivity contribution < 1.29 is 0 Å². The summed E-state index contributed by atoms with van der Waals surface area (Å²) >= 11 is 0. The van der Waals surface area contributed by atoms with Gasteiger partial charge in [0.25, 0.3) is 0 Å². The average Bonchev–Trinajstić information content (AvgIpc) is 2.82. The summed E-state index contributed by atoms with van der Waals surface area (Å²) < 4.78 is 2.02. The van der Waals surface area contributed by atoms with Gasteiger partial charge in [0.15, 0.2) is 5.82 Å². The van der Waals surface area contributed by atoms with Gasteiger partial charge in [0, 0.05) is 6.04 Å². The molecule has 2 atom stereocenters. The highest BCUT2D eigenvalue weighted by Crippen LogP contribution is 2.34. The zero-order valence-electron chi connectivity index (χ0n) is 10.3. The molecule has 16 heavy (non-hydrogen) atoms. The lowest BCUT2D eigenvalue weighted by Crippen LogP contribution is -2.26. The van der Waals surface area contributed by atoms with Gasteiger partial charge >= 0.3 is 0 Å². The number of hydrogen-bond acceptors (Lipinski definition) is 4. The van der Waals surface area contributed by atoms with E-state index in [1.165, 1.54) is 19.3 Å². The smallest absolute Gasteiger partial charge is 0.165 e. The quantitative estimate of drug-likeness (QED) is 0.841. The molecule has 0 radical (unpaired) electrons. The van der Waals surface area contributed by atoms with Crippen LogP contribution < -0.4 is 5.32 Å². The third kappa shape index (κ3) is 2.40. The molecule has 1 aliphatic rings. The molecule has 1 aromatic rings. The molecule has 0 aliphatic heterocycles. The summed E-state index contributed by atoms with van der Waals surface area (Å²) in [7, 11) is 0. The van der Waals surface area contributed by atoms with E-state index in [-0.39, 0.29) is 0 Å². The Labute approximate surface area is 96.6 Å².